The Morgan fingerprint density at radius 1 is 1.31 bits per heavy atom. The molecule has 2 fully saturated rings. The number of aromatic nitrogens is 1. The smallest absolute Gasteiger partial charge is 0.191 e. The fraction of sp³-hybridized carbons (Fsp3) is 0.765. The summed E-state index contributed by atoms with van der Waals surface area (Å²) in [5.41, 5.74) is 6.13. The summed E-state index contributed by atoms with van der Waals surface area (Å²) in [6.45, 7) is 7.77. The molecule has 0 atom stereocenters. The molecule has 0 radical (unpaired) electrons. The Morgan fingerprint density at radius 3 is 2.77 bits per heavy atom. The van der Waals surface area contributed by atoms with Crippen LogP contribution in [0.3, 0.4) is 0 Å². The number of hydrogen-bond donors (Lipinski definition) is 1. The van der Waals surface area contributed by atoms with Crippen molar-refractivity contribution in [3.8, 4) is 0 Å². The summed E-state index contributed by atoms with van der Waals surface area (Å²) in [5, 5.41) is 3.11. The summed E-state index contributed by atoms with van der Waals surface area (Å²) >= 11 is 1.68. The minimum atomic E-state index is 0. The largest absolute Gasteiger partial charge is 0.381 e. The zero-order valence-corrected chi connectivity index (χ0v) is 18.4. The van der Waals surface area contributed by atoms with E-state index in [1.54, 1.807) is 11.3 Å². The number of hydrogen-bond acceptors (Lipinski definition) is 6. The molecular weight excluding hydrogens is 465 g/mol. The van der Waals surface area contributed by atoms with Crippen molar-refractivity contribution in [3.05, 3.63) is 11.6 Å². The quantitative estimate of drug-likeness (QED) is 0.270. The van der Waals surface area contributed by atoms with E-state index in [0.717, 1.165) is 83.5 Å². The first-order valence-corrected chi connectivity index (χ1v) is 10.1. The summed E-state index contributed by atoms with van der Waals surface area (Å²) < 4.78 is 11.1. The van der Waals surface area contributed by atoms with Gasteiger partial charge in [-0.25, -0.2) is 4.98 Å². The van der Waals surface area contributed by atoms with Crippen molar-refractivity contribution in [2.45, 2.75) is 19.3 Å². The number of aliphatic imine (C=N–C) groups is 1. The molecule has 0 bridgehead atoms. The van der Waals surface area contributed by atoms with E-state index >= 15 is 0 Å². The first-order valence-electron chi connectivity index (χ1n) is 9.18. The van der Waals surface area contributed by atoms with E-state index in [-0.39, 0.29) is 24.0 Å². The second-order valence-electron chi connectivity index (χ2n) is 6.51. The highest BCUT2D eigenvalue weighted by Gasteiger charge is 2.19. The zero-order valence-electron chi connectivity index (χ0n) is 15.2. The second kappa shape index (κ2) is 11.9. The highest BCUT2D eigenvalue weighted by Crippen LogP contribution is 2.18. The molecule has 7 nitrogen and oxygen atoms in total. The normalized spacial score (nSPS) is 19.5. The molecule has 2 N–H and O–H groups in total. The molecule has 0 unspecified atom stereocenters. The Balaban J connectivity index is 0.00000243. The number of nitrogens with two attached hydrogens (primary N) is 1. The standard InChI is InChI=1S/C17H29N5O2S.HI/c18-16(19-4-1-10-24-14-15-2-11-23-12-3-15)21-6-8-22(9-7-21)17-20-5-13-25-17;/h5,13,15H,1-4,6-12,14H2,(H2,18,19);1H. The number of halogens is 1. The highest BCUT2D eigenvalue weighted by atomic mass is 127. The third-order valence-electron chi connectivity index (χ3n) is 4.71. The van der Waals surface area contributed by atoms with E-state index in [2.05, 4.69) is 19.8 Å². The fourth-order valence-corrected chi connectivity index (χ4v) is 3.82. The monoisotopic (exact) mass is 495 g/mol. The van der Waals surface area contributed by atoms with Gasteiger partial charge in [0.15, 0.2) is 11.1 Å². The van der Waals surface area contributed by atoms with E-state index in [9.17, 15) is 0 Å². The first-order chi connectivity index (χ1) is 12.3. The molecule has 2 aliphatic rings. The molecule has 9 heteroatoms. The van der Waals surface area contributed by atoms with Gasteiger partial charge in [0.2, 0.25) is 0 Å². The van der Waals surface area contributed by atoms with Crippen LogP contribution in [0.2, 0.25) is 0 Å². The third-order valence-corrected chi connectivity index (χ3v) is 5.54. The minimum absolute atomic E-state index is 0. The fourth-order valence-electron chi connectivity index (χ4n) is 3.12. The van der Waals surface area contributed by atoms with Gasteiger partial charge in [0, 0.05) is 70.7 Å². The zero-order chi connectivity index (χ0) is 17.3. The van der Waals surface area contributed by atoms with Crippen molar-refractivity contribution in [1.29, 1.82) is 0 Å². The van der Waals surface area contributed by atoms with Gasteiger partial charge in [-0.15, -0.1) is 35.3 Å². The first kappa shape index (κ1) is 21.6. The molecule has 1 aromatic heterocycles. The number of nitrogens with zero attached hydrogens (tertiary/aromatic N) is 4. The van der Waals surface area contributed by atoms with E-state index in [0.29, 0.717) is 11.9 Å². The number of anilines is 1. The Bertz CT molecular complexity index is 517. The van der Waals surface area contributed by atoms with Crippen LogP contribution in [-0.4, -0.2) is 75.0 Å². The van der Waals surface area contributed by atoms with Crippen LogP contribution in [0.1, 0.15) is 19.3 Å². The maximum atomic E-state index is 6.13. The van der Waals surface area contributed by atoms with Crippen molar-refractivity contribution in [3.63, 3.8) is 0 Å². The number of rotatable bonds is 7. The van der Waals surface area contributed by atoms with Gasteiger partial charge in [-0.1, -0.05) is 0 Å². The van der Waals surface area contributed by atoms with E-state index in [4.69, 9.17) is 15.2 Å². The maximum Gasteiger partial charge on any atom is 0.191 e. The van der Waals surface area contributed by atoms with Crippen LogP contribution in [0.25, 0.3) is 0 Å². The van der Waals surface area contributed by atoms with Crippen LogP contribution in [0.15, 0.2) is 16.6 Å². The molecule has 2 saturated heterocycles. The van der Waals surface area contributed by atoms with Crippen molar-refractivity contribution in [2.75, 3.05) is 64.1 Å². The van der Waals surface area contributed by atoms with E-state index in [1.807, 2.05) is 11.6 Å². The summed E-state index contributed by atoms with van der Waals surface area (Å²) in [6, 6.07) is 0. The molecular formula is C17H30IN5O2S. The van der Waals surface area contributed by atoms with Crippen LogP contribution in [0.4, 0.5) is 5.13 Å². The van der Waals surface area contributed by atoms with Crippen LogP contribution < -0.4 is 10.6 Å². The lowest BCUT2D eigenvalue weighted by atomic mass is 10.0. The van der Waals surface area contributed by atoms with Crippen LogP contribution in [-0.2, 0) is 9.47 Å². The summed E-state index contributed by atoms with van der Waals surface area (Å²) in [6.07, 6.45) is 5.02. The van der Waals surface area contributed by atoms with Gasteiger partial charge >= 0.3 is 0 Å². The van der Waals surface area contributed by atoms with Gasteiger partial charge in [0.05, 0.1) is 0 Å². The molecule has 3 rings (SSSR count). The number of guanidine groups is 1. The molecule has 3 heterocycles. The second-order valence-corrected chi connectivity index (χ2v) is 7.39. The van der Waals surface area contributed by atoms with Gasteiger partial charge in [-0.3, -0.25) is 4.99 Å². The lowest BCUT2D eigenvalue weighted by Gasteiger charge is -2.35. The molecule has 0 saturated carbocycles. The van der Waals surface area contributed by atoms with Gasteiger partial charge in [0.25, 0.3) is 0 Å². The molecule has 26 heavy (non-hydrogen) atoms. The van der Waals surface area contributed by atoms with Gasteiger partial charge in [0.1, 0.15) is 0 Å². The minimum Gasteiger partial charge on any atom is -0.381 e. The average molecular weight is 495 g/mol. The van der Waals surface area contributed by atoms with Crippen LogP contribution in [0, 0.1) is 5.92 Å². The van der Waals surface area contributed by atoms with E-state index in [1.165, 1.54) is 0 Å². The molecule has 1 aromatic rings. The summed E-state index contributed by atoms with van der Waals surface area (Å²) in [4.78, 5) is 13.3. The van der Waals surface area contributed by atoms with Gasteiger partial charge in [-0.2, -0.15) is 0 Å². The Labute approximate surface area is 177 Å². The van der Waals surface area contributed by atoms with Crippen LogP contribution in [0.5, 0.6) is 0 Å². The number of thiazole rings is 1. The Kier molecular flexibility index (Phi) is 9.94. The Hall–Kier alpha value is -0.650. The third kappa shape index (κ3) is 6.82. The predicted molar refractivity (Wildman–Crippen MR) is 117 cm³/mol. The van der Waals surface area contributed by atoms with Crippen molar-refractivity contribution in [2.24, 2.45) is 16.6 Å². The van der Waals surface area contributed by atoms with Crippen molar-refractivity contribution < 1.29 is 9.47 Å². The molecule has 0 spiro atoms. The number of ether oxygens (including phenoxy) is 2. The number of piperazine rings is 1. The lowest BCUT2D eigenvalue weighted by Crippen LogP contribution is -2.51. The predicted octanol–water partition coefficient (Wildman–Crippen LogP) is 2.03. The SMILES string of the molecule is I.NC(=NCCCOCC1CCOCC1)N1CCN(c2nccs2)CC1. The molecule has 0 aliphatic carbocycles. The van der Waals surface area contributed by atoms with Crippen molar-refractivity contribution in [1.82, 2.24) is 9.88 Å². The maximum absolute atomic E-state index is 6.13. The van der Waals surface area contributed by atoms with Gasteiger partial charge in [-0.05, 0) is 25.2 Å². The molecule has 2 aliphatic heterocycles. The topological polar surface area (TPSA) is 76.2 Å². The molecule has 0 amide bonds. The average Bonchev–Trinajstić information content (AvgIpc) is 3.20. The Morgan fingerprint density at radius 2 is 2.08 bits per heavy atom. The highest BCUT2D eigenvalue weighted by molar-refractivity contribution is 14.0. The summed E-state index contributed by atoms with van der Waals surface area (Å²) in [5.74, 6) is 1.32. The van der Waals surface area contributed by atoms with Crippen molar-refractivity contribution >= 4 is 46.4 Å². The van der Waals surface area contributed by atoms with Crippen LogP contribution >= 0.6 is 35.3 Å². The molecule has 0 aromatic carbocycles. The van der Waals surface area contributed by atoms with Gasteiger partial charge < -0.3 is 25.0 Å². The summed E-state index contributed by atoms with van der Waals surface area (Å²) in [7, 11) is 0. The van der Waals surface area contributed by atoms with E-state index < -0.39 is 0 Å². The molecule has 148 valence electrons. The lowest BCUT2D eigenvalue weighted by molar-refractivity contribution is 0.0205.